The van der Waals surface area contributed by atoms with Gasteiger partial charge in [-0.25, -0.2) is 4.79 Å². The summed E-state index contributed by atoms with van der Waals surface area (Å²) in [7, 11) is 1.61. The number of anilines is 1. The van der Waals surface area contributed by atoms with Gasteiger partial charge in [0.15, 0.2) is 5.69 Å². The quantitative estimate of drug-likeness (QED) is 0.792. The number of carbonyl (C=O) groups is 2. The number of aromatic nitrogens is 2. The maximum atomic E-state index is 12.4. The zero-order chi connectivity index (χ0) is 17.5. The van der Waals surface area contributed by atoms with Crippen molar-refractivity contribution in [3.63, 3.8) is 0 Å². The van der Waals surface area contributed by atoms with Crippen LogP contribution in [0.3, 0.4) is 0 Å². The molecular formula is C18H23N3O3. The Kier molecular flexibility index (Phi) is 6.12. The molecule has 0 radical (unpaired) electrons. The van der Waals surface area contributed by atoms with Gasteiger partial charge in [-0.1, -0.05) is 31.5 Å². The van der Waals surface area contributed by atoms with Crippen molar-refractivity contribution in [1.82, 2.24) is 9.78 Å². The van der Waals surface area contributed by atoms with Gasteiger partial charge in [0.1, 0.15) is 5.69 Å². The van der Waals surface area contributed by atoms with E-state index in [2.05, 4.69) is 17.3 Å². The minimum Gasteiger partial charge on any atom is -0.461 e. The fourth-order valence-electron chi connectivity index (χ4n) is 2.39. The monoisotopic (exact) mass is 329 g/mol. The molecular weight excluding hydrogens is 306 g/mol. The van der Waals surface area contributed by atoms with Crippen molar-refractivity contribution in [3.8, 4) is 0 Å². The lowest BCUT2D eigenvalue weighted by atomic mass is 10.1. The number of benzene rings is 1. The van der Waals surface area contributed by atoms with Crippen molar-refractivity contribution in [2.75, 3.05) is 11.9 Å². The number of esters is 1. The van der Waals surface area contributed by atoms with Gasteiger partial charge in [0.05, 0.1) is 6.61 Å². The second-order valence-corrected chi connectivity index (χ2v) is 5.47. The van der Waals surface area contributed by atoms with Crippen LogP contribution in [0.1, 0.15) is 53.2 Å². The molecule has 128 valence electrons. The Labute approximate surface area is 141 Å². The van der Waals surface area contributed by atoms with E-state index in [9.17, 15) is 9.59 Å². The van der Waals surface area contributed by atoms with Gasteiger partial charge in [0.2, 0.25) is 0 Å². The lowest BCUT2D eigenvalue weighted by molar-refractivity contribution is 0.0513. The lowest BCUT2D eigenvalue weighted by Crippen LogP contribution is -2.14. The molecule has 0 atom stereocenters. The molecule has 0 aliphatic carbocycles. The van der Waals surface area contributed by atoms with Crippen LogP contribution >= 0.6 is 0 Å². The van der Waals surface area contributed by atoms with Gasteiger partial charge in [-0.05, 0) is 31.4 Å². The highest BCUT2D eigenvalue weighted by Gasteiger charge is 2.19. The minimum absolute atomic E-state index is 0.186. The van der Waals surface area contributed by atoms with Crippen LogP contribution in [0.25, 0.3) is 0 Å². The first-order valence-corrected chi connectivity index (χ1v) is 8.17. The normalized spacial score (nSPS) is 10.5. The van der Waals surface area contributed by atoms with E-state index in [4.69, 9.17) is 4.74 Å². The van der Waals surface area contributed by atoms with E-state index in [1.165, 1.54) is 10.7 Å². The number of para-hydroxylation sites is 1. The van der Waals surface area contributed by atoms with Crippen molar-refractivity contribution >= 4 is 17.6 Å². The van der Waals surface area contributed by atoms with Crippen LogP contribution in [0.2, 0.25) is 0 Å². The van der Waals surface area contributed by atoms with Crippen LogP contribution in [-0.4, -0.2) is 28.3 Å². The zero-order valence-electron chi connectivity index (χ0n) is 14.3. The maximum absolute atomic E-state index is 12.4. The summed E-state index contributed by atoms with van der Waals surface area (Å²) in [6, 6.07) is 9.17. The van der Waals surface area contributed by atoms with Crippen molar-refractivity contribution in [3.05, 3.63) is 47.3 Å². The molecule has 6 heteroatoms. The summed E-state index contributed by atoms with van der Waals surface area (Å²) in [5.41, 5.74) is 2.31. The fraction of sp³-hybridized carbons (Fsp3) is 0.389. The molecule has 1 aromatic carbocycles. The molecule has 0 fully saturated rings. The summed E-state index contributed by atoms with van der Waals surface area (Å²) >= 11 is 0. The Morgan fingerprint density at radius 3 is 2.71 bits per heavy atom. The highest BCUT2D eigenvalue weighted by atomic mass is 16.5. The number of carbonyl (C=O) groups excluding carboxylic acids is 2. The Balaban J connectivity index is 2.16. The third-order valence-corrected chi connectivity index (χ3v) is 3.66. The third kappa shape index (κ3) is 4.22. The first-order chi connectivity index (χ1) is 11.6. The van der Waals surface area contributed by atoms with Gasteiger partial charge in [-0.3, -0.25) is 9.48 Å². The number of rotatable bonds is 7. The Morgan fingerprint density at radius 2 is 2.00 bits per heavy atom. The third-order valence-electron chi connectivity index (χ3n) is 3.66. The predicted molar refractivity (Wildman–Crippen MR) is 92.2 cm³/mol. The van der Waals surface area contributed by atoms with Crippen LogP contribution in [-0.2, 0) is 18.2 Å². The van der Waals surface area contributed by atoms with Gasteiger partial charge >= 0.3 is 5.97 Å². The fourth-order valence-corrected chi connectivity index (χ4v) is 2.39. The van der Waals surface area contributed by atoms with Gasteiger partial charge in [0.25, 0.3) is 5.91 Å². The molecule has 0 saturated carbocycles. The number of hydrogen-bond donors (Lipinski definition) is 1. The molecule has 2 rings (SSSR count). The molecule has 6 nitrogen and oxygen atoms in total. The van der Waals surface area contributed by atoms with Crippen LogP contribution in [0.4, 0.5) is 5.69 Å². The summed E-state index contributed by atoms with van der Waals surface area (Å²) in [5, 5.41) is 6.99. The second-order valence-electron chi connectivity index (χ2n) is 5.47. The summed E-state index contributed by atoms with van der Waals surface area (Å²) < 4.78 is 6.31. The van der Waals surface area contributed by atoms with Crippen molar-refractivity contribution in [2.24, 2.45) is 7.05 Å². The number of nitrogens with zero attached hydrogens (tertiary/aromatic N) is 2. The van der Waals surface area contributed by atoms with Crippen molar-refractivity contribution in [1.29, 1.82) is 0 Å². The van der Waals surface area contributed by atoms with E-state index in [0.717, 1.165) is 30.5 Å². The van der Waals surface area contributed by atoms with Gasteiger partial charge < -0.3 is 10.1 Å². The van der Waals surface area contributed by atoms with E-state index < -0.39 is 5.97 Å². The number of nitrogens with one attached hydrogen (secondary N) is 1. The Hall–Kier alpha value is -2.63. The molecule has 1 aromatic heterocycles. The minimum atomic E-state index is -0.491. The predicted octanol–water partition coefficient (Wildman–Crippen LogP) is 3.19. The molecule has 0 saturated heterocycles. The Bertz CT molecular complexity index is 722. The molecule has 0 spiro atoms. The van der Waals surface area contributed by atoms with Crippen LogP contribution in [0.15, 0.2) is 30.3 Å². The largest absolute Gasteiger partial charge is 0.461 e. The number of amides is 1. The summed E-state index contributed by atoms with van der Waals surface area (Å²) in [4.78, 5) is 24.3. The SMILES string of the molecule is CCCCc1ccccc1NC(=O)c1cc(C(=O)OCC)n(C)n1. The highest BCUT2D eigenvalue weighted by molar-refractivity contribution is 6.04. The zero-order valence-corrected chi connectivity index (χ0v) is 14.3. The van der Waals surface area contributed by atoms with Gasteiger partial charge in [-0.2, -0.15) is 5.10 Å². The van der Waals surface area contributed by atoms with Gasteiger partial charge in [0, 0.05) is 18.8 Å². The van der Waals surface area contributed by atoms with Crippen LogP contribution in [0.5, 0.6) is 0 Å². The average Bonchev–Trinajstić information content (AvgIpc) is 2.96. The summed E-state index contributed by atoms with van der Waals surface area (Å²) in [6.45, 7) is 4.14. The van der Waals surface area contributed by atoms with E-state index in [-0.39, 0.29) is 23.9 Å². The summed E-state index contributed by atoms with van der Waals surface area (Å²) in [5.74, 6) is -0.833. The maximum Gasteiger partial charge on any atom is 0.356 e. The molecule has 1 N–H and O–H groups in total. The summed E-state index contributed by atoms with van der Waals surface area (Å²) in [6.07, 6.45) is 3.05. The number of aryl methyl sites for hydroxylation is 2. The smallest absolute Gasteiger partial charge is 0.356 e. The lowest BCUT2D eigenvalue weighted by Gasteiger charge is -2.09. The van der Waals surface area contributed by atoms with E-state index in [1.807, 2.05) is 24.3 Å². The highest BCUT2D eigenvalue weighted by Crippen LogP contribution is 2.18. The molecule has 2 aromatic rings. The average molecular weight is 329 g/mol. The van der Waals surface area contributed by atoms with Crippen LogP contribution < -0.4 is 5.32 Å². The molecule has 1 heterocycles. The molecule has 0 unspecified atom stereocenters. The van der Waals surface area contributed by atoms with Crippen molar-refractivity contribution < 1.29 is 14.3 Å². The molecule has 0 aliphatic rings. The molecule has 0 bridgehead atoms. The number of ether oxygens (including phenoxy) is 1. The van der Waals surface area contributed by atoms with E-state index in [0.29, 0.717) is 0 Å². The van der Waals surface area contributed by atoms with E-state index in [1.54, 1.807) is 14.0 Å². The van der Waals surface area contributed by atoms with Gasteiger partial charge in [-0.15, -0.1) is 0 Å². The van der Waals surface area contributed by atoms with E-state index >= 15 is 0 Å². The molecule has 1 amide bonds. The Morgan fingerprint density at radius 1 is 1.25 bits per heavy atom. The topological polar surface area (TPSA) is 73.2 Å². The first kappa shape index (κ1) is 17.7. The molecule has 0 aliphatic heterocycles. The number of unbranched alkanes of at least 4 members (excludes halogenated alkanes) is 1. The standard InChI is InChI=1S/C18H23N3O3/c1-4-6-9-13-10-7-8-11-14(13)19-17(22)15-12-16(21(3)20-15)18(23)24-5-2/h7-8,10-12H,4-6,9H2,1-3H3,(H,19,22). The first-order valence-electron chi connectivity index (χ1n) is 8.17. The molecule has 24 heavy (non-hydrogen) atoms. The van der Waals surface area contributed by atoms with Crippen LogP contribution in [0, 0.1) is 0 Å². The second kappa shape index (κ2) is 8.29. The van der Waals surface area contributed by atoms with Crippen molar-refractivity contribution in [2.45, 2.75) is 33.1 Å². The number of hydrogen-bond acceptors (Lipinski definition) is 4.